The van der Waals surface area contributed by atoms with E-state index >= 15 is 0 Å². The third-order valence-corrected chi connectivity index (χ3v) is 8.15. The van der Waals surface area contributed by atoms with E-state index in [1.807, 2.05) is 45.9 Å². The van der Waals surface area contributed by atoms with Gasteiger partial charge in [0.05, 0.1) is 4.90 Å². The van der Waals surface area contributed by atoms with Crippen LogP contribution in [0.2, 0.25) is 0 Å². The summed E-state index contributed by atoms with van der Waals surface area (Å²) in [6.45, 7) is 10.4. The van der Waals surface area contributed by atoms with E-state index in [-0.39, 0.29) is 6.04 Å². The Labute approximate surface area is 197 Å². The van der Waals surface area contributed by atoms with E-state index < -0.39 is 10.0 Å². The summed E-state index contributed by atoms with van der Waals surface area (Å²) < 4.78 is 31.9. The topological polar surface area (TPSA) is 51.1 Å². The van der Waals surface area contributed by atoms with Gasteiger partial charge in [-0.25, -0.2) is 13.1 Å². The van der Waals surface area contributed by atoms with E-state index in [4.69, 9.17) is 0 Å². The average molecular weight is 461 g/mol. The summed E-state index contributed by atoms with van der Waals surface area (Å²) in [6.07, 6.45) is 2.85. The molecular weight excluding hydrogens is 428 g/mol. The van der Waals surface area contributed by atoms with Crippen LogP contribution in [0.15, 0.2) is 71.8 Å². The molecule has 0 fully saturated rings. The van der Waals surface area contributed by atoms with E-state index in [1.165, 1.54) is 22.1 Å². The second-order valence-electron chi connectivity index (χ2n) is 8.98. The van der Waals surface area contributed by atoms with E-state index in [0.29, 0.717) is 17.9 Å². The average Bonchev–Trinajstić information content (AvgIpc) is 3.10. The van der Waals surface area contributed by atoms with Crippen LogP contribution in [-0.2, 0) is 16.6 Å². The molecule has 1 atom stereocenters. The molecule has 0 aliphatic carbocycles. The third-order valence-electron chi connectivity index (χ3n) is 6.33. The zero-order valence-corrected chi connectivity index (χ0v) is 20.8. The van der Waals surface area contributed by atoms with Crippen molar-refractivity contribution in [2.24, 2.45) is 0 Å². The number of nitrogens with zero attached hydrogens (tertiary/aromatic N) is 1. The lowest BCUT2D eigenvalue weighted by Gasteiger charge is -2.20. The summed E-state index contributed by atoms with van der Waals surface area (Å²) >= 11 is 0. The molecular formula is C28H32N2O2S. The van der Waals surface area contributed by atoms with Crippen molar-refractivity contribution in [2.45, 2.75) is 58.5 Å². The molecule has 1 heterocycles. The summed E-state index contributed by atoms with van der Waals surface area (Å²) in [7, 11) is -3.64. The molecule has 1 N–H and O–H groups in total. The van der Waals surface area contributed by atoms with Crippen molar-refractivity contribution in [2.75, 3.05) is 0 Å². The normalized spacial score (nSPS) is 12.9. The summed E-state index contributed by atoms with van der Waals surface area (Å²) in [4.78, 5) is 0.393. The van der Waals surface area contributed by atoms with Gasteiger partial charge in [0.1, 0.15) is 0 Å². The van der Waals surface area contributed by atoms with Crippen LogP contribution >= 0.6 is 0 Å². The van der Waals surface area contributed by atoms with Crippen LogP contribution in [0.3, 0.4) is 0 Å². The molecule has 0 saturated heterocycles. The van der Waals surface area contributed by atoms with Crippen molar-refractivity contribution in [3.8, 4) is 11.1 Å². The Morgan fingerprint density at radius 2 is 1.48 bits per heavy atom. The van der Waals surface area contributed by atoms with Crippen LogP contribution in [0.5, 0.6) is 0 Å². The molecule has 0 spiro atoms. The number of hydrogen-bond acceptors (Lipinski definition) is 2. The van der Waals surface area contributed by atoms with Crippen LogP contribution in [0.1, 0.15) is 35.6 Å². The highest BCUT2D eigenvalue weighted by Crippen LogP contribution is 2.33. The Kier molecular flexibility index (Phi) is 6.46. The van der Waals surface area contributed by atoms with Gasteiger partial charge in [0.2, 0.25) is 10.0 Å². The fraction of sp³-hybridized carbons (Fsp3) is 0.286. The van der Waals surface area contributed by atoms with Gasteiger partial charge >= 0.3 is 0 Å². The molecule has 0 aliphatic rings. The lowest BCUT2D eigenvalue weighted by atomic mass is 10.0. The minimum absolute atomic E-state index is 0.226. The van der Waals surface area contributed by atoms with Gasteiger partial charge in [0.15, 0.2) is 0 Å². The Balaban J connectivity index is 1.70. The van der Waals surface area contributed by atoms with Gasteiger partial charge in [0.25, 0.3) is 0 Å². The monoisotopic (exact) mass is 460 g/mol. The molecule has 4 nitrogen and oxygen atoms in total. The lowest BCUT2D eigenvalue weighted by molar-refractivity contribution is 0.491. The molecule has 0 radical (unpaired) electrons. The first-order valence-corrected chi connectivity index (χ1v) is 12.9. The first kappa shape index (κ1) is 23.3. The van der Waals surface area contributed by atoms with E-state index in [2.05, 4.69) is 64.9 Å². The fourth-order valence-corrected chi connectivity index (χ4v) is 6.61. The lowest BCUT2D eigenvalue weighted by Crippen LogP contribution is -2.38. The molecule has 3 aromatic carbocycles. The number of aromatic nitrogens is 1. The maximum Gasteiger partial charge on any atom is 0.241 e. The number of sulfonamides is 1. The van der Waals surface area contributed by atoms with Crippen LogP contribution < -0.4 is 4.72 Å². The SMILES string of the molecule is CCC(Cn1cc(-c2ccccc2C)c2ccccc21)NS(=O)(=O)c1c(C)cc(C)cc1C. The quantitative estimate of drug-likeness (QED) is 0.352. The summed E-state index contributed by atoms with van der Waals surface area (Å²) in [5.74, 6) is 0. The summed E-state index contributed by atoms with van der Waals surface area (Å²) in [5, 5.41) is 1.18. The minimum atomic E-state index is -3.64. The minimum Gasteiger partial charge on any atom is -0.345 e. The number of fused-ring (bicyclic) bond motifs is 1. The van der Waals surface area contributed by atoms with Crippen LogP contribution in [0.25, 0.3) is 22.0 Å². The molecule has 1 unspecified atom stereocenters. The predicted molar refractivity (Wildman–Crippen MR) is 137 cm³/mol. The third kappa shape index (κ3) is 4.61. The van der Waals surface area contributed by atoms with Gasteiger partial charge in [-0.3, -0.25) is 0 Å². The maximum atomic E-state index is 13.4. The summed E-state index contributed by atoms with van der Waals surface area (Å²) in [5.41, 5.74) is 7.33. The Morgan fingerprint density at radius 1 is 0.848 bits per heavy atom. The molecule has 33 heavy (non-hydrogen) atoms. The van der Waals surface area contributed by atoms with E-state index in [0.717, 1.165) is 22.2 Å². The molecule has 4 rings (SSSR count). The molecule has 5 heteroatoms. The van der Waals surface area contributed by atoms with Crippen LogP contribution in [0, 0.1) is 27.7 Å². The largest absolute Gasteiger partial charge is 0.345 e. The molecule has 0 saturated carbocycles. The predicted octanol–water partition coefficient (Wildman–Crippen LogP) is 6.30. The molecule has 4 aromatic rings. The number of benzene rings is 3. The molecule has 0 amide bonds. The molecule has 0 aliphatic heterocycles. The van der Waals surface area contributed by atoms with Gasteiger partial charge < -0.3 is 4.57 Å². The zero-order valence-electron chi connectivity index (χ0n) is 20.0. The van der Waals surface area contributed by atoms with Crippen molar-refractivity contribution >= 4 is 20.9 Å². The maximum absolute atomic E-state index is 13.4. The molecule has 0 bridgehead atoms. The van der Waals surface area contributed by atoms with Crippen molar-refractivity contribution in [1.82, 2.24) is 9.29 Å². The number of para-hydroxylation sites is 1. The second kappa shape index (κ2) is 9.16. The van der Waals surface area contributed by atoms with Crippen LogP contribution in [-0.4, -0.2) is 19.0 Å². The number of rotatable bonds is 7. The van der Waals surface area contributed by atoms with Crippen molar-refractivity contribution < 1.29 is 8.42 Å². The second-order valence-corrected chi connectivity index (χ2v) is 10.6. The first-order chi connectivity index (χ1) is 15.7. The van der Waals surface area contributed by atoms with Crippen LogP contribution in [0.4, 0.5) is 0 Å². The molecule has 172 valence electrons. The number of hydrogen-bond donors (Lipinski definition) is 1. The zero-order chi connectivity index (χ0) is 23.8. The van der Waals surface area contributed by atoms with Gasteiger partial charge in [-0.1, -0.05) is 67.1 Å². The highest BCUT2D eigenvalue weighted by Gasteiger charge is 2.24. The fourth-order valence-electron chi connectivity index (χ4n) is 4.84. The van der Waals surface area contributed by atoms with Gasteiger partial charge in [-0.15, -0.1) is 0 Å². The Morgan fingerprint density at radius 3 is 2.15 bits per heavy atom. The highest BCUT2D eigenvalue weighted by molar-refractivity contribution is 7.89. The van der Waals surface area contributed by atoms with E-state index in [9.17, 15) is 8.42 Å². The highest BCUT2D eigenvalue weighted by atomic mass is 32.2. The smallest absolute Gasteiger partial charge is 0.241 e. The number of aryl methyl sites for hydroxylation is 4. The first-order valence-electron chi connectivity index (χ1n) is 11.4. The van der Waals surface area contributed by atoms with Crippen molar-refractivity contribution in [3.05, 3.63) is 89.1 Å². The van der Waals surface area contributed by atoms with E-state index in [1.54, 1.807) is 0 Å². The number of nitrogens with one attached hydrogen (secondary N) is 1. The summed E-state index contributed by atoms with van der Waals surface area (Å²) in [6, 6.07) is 20.3. The Hall–Kier alpha value is -2.89. The van der Waals surface area contributed by atoms with Crippen molar-refractivity contribution in [1.29, 1.82) is 0 Å². The standard InChI is InChI=1S/C28H32N2O2S/c1-6-23(29-33(31,32)28-21(4)15-19(2)16-22(28)5)17-30-18-26(24-12-8-7-11-20(24)3)25-13-9-10-14-27(25)30/h7-16,18,23,29H,6,17H2,1-5H3. The van der Waals surface area contributed by atoms with Crippen molar-refractivity contribution in [3.63, 3.8) is 0 Å². The molecule has 1 aromatic heterocycles. The van der Waals surface area contributed by atoms with Gasteiger partial charge in [0, 0.05) is 35.2 Å². The van der Waals surface area contributed by atoms with Gasteiger partial charge in [-0.2, -0.15) is 0 Å². The van der Waals surface area contributed by atoms with Gasteiger partial charge in [-0.05, 0) is 62.4 Å². The Bertz CT molecular complexity index is 1390.